The lowest BCUT2D eigenvalue weighted by Gasteiger charge is -2.44. The summed E-state index contributed by atoms with van der Waals surface area (Å²) in [5.41, 5.74) is 1.17. The first-order valence-electron chi connectivity index (χ1n) is 8.11. The third-order valence-corrected chi connectivity index (χ3v) is 5.30. The van der Waals surface area contributed by atoms with Crippen molar-refractivity contribution >= 4 is 11.6 Å². The van der Waals surface area contributed by atoms with E-state index in [2.05, 4.69) is 47.7 Å². The molecule has 21 heavy (non-hydrogen) atoms. The molecule has 1 aromatic rings. The molecule has 4 nitrogen and oxygen atoms in total. The fourth-order valence-corrected chi connectivity index (χ4v) is 3.85. The van der Waals surface area contributed by atoms with Crippen LogP contribution in [0, 0.1) is 0 Å². The van der Waals surface area contributed by atoms with Crippen LogP contribution in [0.4, 0.5) is 0 Å². The van der Waals surface area contributed by atoms with Gasteiger partial charge in [-0.25, -0.2) is 0 Å². The number of likely N-dealkylation sites (N-methyl/N-ethyl adjacent to an activating group) is 1. The van der Waals surface area contributed by atoms with E-state index in [1.54, 1.807) is 6.20 Å². The van der Waals surface area contributed by atoms with E-state index in [4.69, 9.17) is 11.6 Å². The lowest BCUT2D eigenvalue weighted by atomic mass is 9.85. The number of likely N-dealkylation sites (tertiary alicyclic amines) is 1. The SMILES string of the molecule is CCC(C)(C(NC)c1c(Cl)cnn1C(C)C)N1CCCC1. The largest absolute Gasteiger partial charge is 0.310 e. The van der Waals surface area contributed by atoms with Crippen LogP contribution in [0.1, 0.15) is 64.7 Å². The second kappa shape index (κ2) is 6.67. The van der Waals surface area contributed by atoms with Gasteiger partial charge in [-0.05, 0) is 60.2 Å². The molecule has 0 amide bonds. The van der Waals surface area contributed by atoms with Gasteiger partial charge in [0.05, 0.1) is 23.0 Å². The topological polar surface area (TPSA) is 33.1 Å². The molecular formula is C16H29ClN4. The van der Waals surface area contributed by atoms with Gasteiger partial charge in [-0.15, -0.1) is 0 Å². The van der Waals surface area contributed by atoms with E-state index in [1.807, 2.05) is 7.05 Å². The molecule has 1 aliphatic rings. The van der Waals surface area contributed by atoms with Crippen molar-refractivity contribution in [1.29, 1.82) is 0 Å². The molecule has 120 valence electrons. The number of rotatable bonds is 6. The Morgan fingerprint density at radius 3 is 2.48 bits per heavy atom. The Morgan fingerprint density at radius 2 is 2.00 bits per heavy atom. The lowest BCUT2D eigenvalue weighted by Crippen LogP contribution is -2.53. The Hall–Kier alpha value is -0.580. The highest BCUT2D eigenvalue weighted by Gasteiger charge is 2.42. The quantitative estimate of drug-likeness (QED) is 0.870. The van der Waals surface area contributed by atoms with Crippen LogP contribution < -0.4 is 5.32 Å². The van der Waals surface area contributed by atoms with Crippen molar-refractivity contribution in [3.63, 3.8) is 0 Å². The van der Waals surface area contributed by atoms with Gasteiger partial charge < -0.3 is 5.32 Å². The zero-order valence-electron chi connectivity index (χ0n) is 14.0. The molecule has 2 rings (SSSR count). The van der Waals surface area contributed by atoms with Crippen molar-refractivity contribution in [2.24, 2.45) is 0 Å². The number of halogens is 1. The van der Waals surface area contributed by atoms with E-state index in [0.717, 1.165) is 17.1 Å². The van der Waals surface area contributed by atoms with Gasteiger partial charge in [-0.1, -0.05) is 18.5 Å². The summed E-state index contributed by atoms with van der Waals surface area (Å²) in [5, 5.41) is 8.77. The first-order valence-corrected chi connectivity index (χ1v) is 8.48. The number of aromatic nitrogens is 2. The first-order chi connectivity index (χ1) is 9.95. The molecule has 1 aliphatic heterocycles. The van der Waals surface area contributed by atoms with Crippen LogP contribution in [0.15, 0.2) is 6.20 Å². The van der Waals surface area contributed by atoms with Crippen LogP contribution in [0.3, 0.4) is 0 Å². The summed E-state index contributed by atoms with van der Waals surface area (Å²) < 4.78 is 2.06. The monoisotopic (exact) mass is 312 g/mol. The van der Waals surface area contributed by atoms with E-state index in [1.165, 1.54) is 25.9 Å². The van der Waals surface area contributed by atoms with Crippen molar-refractivity contribution in [3.8, 4) is 0 Å². The van der Waals surface area contributed by atoms with Gasteiger partial charge in [0.2, 0.25) is 0 Å². The molecule has 2 heterocycles. The lowest BCUT2D eigenvalue weighted by molar-refractivity contribution is 0.0830. The number of hydrogen-bond acceptors (Lipinski definition) is 3. The molecule has 1 fully saturated rings. The normalized spacial score (nSPS) is 20.9. The smallest absolute Gasteiger partial charge is 0.0835 e. The minimum absolute atomic E-state index is 0.0571. The Balaban J connectivity index is 2.44. The standard InChI is InChI=1S/C16H29ClN4/c1-6-16(4,20-9-7-8-10-20)15(18-5)14-13(17)11-19-21(14)12(2)3/h11-12,15,18H,6-10H2,1-5H3. The second-order valence-electron chi connectivity index (χ2n) is 6.54. The molecule has 0 spiro atoms. The summed E-state index contributed by atoms with van der Waals surface area (Å²) >= 11 is 6.49. The molecule has 2 atom stereocenters. The van der Waals surface area contributed by atoms with Crippen LogP contribution >= 0.6 is 11.6 Å². The van der Waals surface area contributed by atoms with Gasteiger partial charge in [0, 0.05) is 11.6 Å². The molecule has 1 aromatic heterocycles. The Kier molecular flexibility index (Phi) is 5.33. The van der Waals surface area contributed by atoms with Crippen LogP contribution in [0.25, 0.3) is 0 Å². The summed E-state index contributed by atoms with van der Waals surface area (Å²) in [6.45, 7) is 11.3. The molecule has 0 bridgehead atoms. The number of nitrogens with one attached hydrogen (secondary N) is 1. The van der Waals surface area contributed by atoms with Gasteiger partial charge in [-0.2, -0.15) is 5.10 Å². The summed E-state index contributed by atoms with van der Waals surface area (Å²) in [6, 6.07) is 0.487. The van der Waals surface area contributed by atoms with Crippen molar-refractivity contribution in [2.75, 3.05) is 20.1 Å². The summed E-state index contributed by atoms with van der Waals surface area (Å²) in [5.74, 6) is 0. The van der Waals surface area contributed by atoms with E-state index in [0.29, 0.717) is 6.04 Å². The van der Waals surface area contributed by atoms with Crippen LogP contribution in [-0.4, -0.2) is 40.4 Å². The third kappa shape index (κ3) is 2.99. The highest BCUT2D eigenvalue weighted by molar-refractivity contribution is 6.31. The summed E-state index contributed by atoms with van der Waals surface area (Å²) in [7, 11) is 2.03. The third-order valence-electron chi connectivity index (χ3n) is 5.00. The Morgan fingerprint density at radius 1 is 1.38 bits per heavy atom. The average Bonchev–Trinajstić information content (AvgIpc) is 3.10. The molecular weight excluding hydrogens is 284 g/mol. The van der Waals surface area contributed by atoms with Gasteiger partial charge in [0.15, 0.2) is 0 Å². The zero-order chi connectivity index (χ0) is 15.6. The van der Waals surface area contributed by atoms with Crippen molar-refractivity contribution < 1.29 is 0 Å². The number of hydrogen-bond donors (Lipinski definition) is 1. The van der Waals surface area contributed by atoms with E-state index in [9.17, 15) is 0 Å². The maximum atomic E-state index is 6.49. The molecule has 0 saturated carbocycles. The maximum Gasteiger partial charge on any atom is 0.0835 e. The Labute approximate surface area is 133 Å². The van der Waals surface area contributed by atoms with Gasteiger partial charge >= 0.3 is 0 Å². The molecule has 0 radical (unpaired) electrons. The number of nitrogens with zero attached hydrogens (tertiary/aromatic N) is 3. The second-order valence-corrected chi connectivity index (χ2v) is 6.95. The average molecular weight is 313 g/mol. The van der Waals surface area contributed by atoms with Crippen molar-refractivity contribution in [3.05, 3.63) is 16.9 Å². The van der Waals surface area contributed by atoms with E-state index < -0.39 is 0 Å². The predicted octanol–water partition coefficient (Wildman–Crippen LogP) is 3.64. The van der Waals surface area contributed by atoms with Crippen LogP contribution in [0.5, 0.6) is 0 Å². The first kappa shape index (κ1) is 16.8. The molecule has 1 N–H and O–H groups in total. The zero-order valence-corrected chi connectivity index (χ0v) is 14.7. The fourth-order valence-electron chi connectivity index (χ4n) is 3.61. The molecule has 0 aromatic carbocycles. The van der Waals surface area contributed by atoms with E-state index >= 15 is 0 Å². The Bertz CT molecular complexity index is 465. The van der Waals surface area contributed by atoms with Gasteiger partial charge in [-0.3, -0.25) is 9.58 Å². The maximum absolute atomic E-state index is 6.49. The minimum Gasteiger partial charge on any atom is -0.310 e. The molecule has 0 aliphatic carbocycles. The summed E-state index contributed by atoms with van der Waals surface area (Å²) in [4.78, 5) is 2.61. The fraction of sp³-hybridized carbons (Fsp3) is 0.812. The highest BCUT2D eigenvalue weighted by Crippen LogP contribution is 2.39. The predicted molar refractivity (Wildman–Crippen MR) is 88.9 cm³/mol. The van der Waals surface area contributed by atoms with Crippen LogP contribution in [-0.2, 0) is 0 Å². The minimum atomic E-state index is 0.0571. The highest BCUT2D eigenvalue weighted by atomic mass is 35.5. The summed E-state index contributed by atoms with van der Waals surface area (Å²) in [6.07, 6.45) is 5.45. The molecule has 5 heteroatoms. The van der Waals surface area contributed by atoms with Gasteiger partial charge in [0.25, 0.3) is 0 Å². The van der Waals surface area contributed by atoms with Crippen molar-refractivity contribution in [2.45, 2.75) is 64.6 Å². The van der Waals surface area contributed by atoms with E-state index in [-0.39, 0.29) is 11.6 Å². The van der Waals surface area contributed by atoms with Crippen molar-refractivity contribution in [1.82, 2.24) is 20.0 Å². The van der Waals surface area contributed by atoms with Crippen LogP contribution in [0.2, 0.25) is 5.02 Å². The van der Waals surface area contributed by atoms with Gasteiger partial charge in [0.1, 0.15) is 0 Å². The molecule has 1 saturated heterocycles. The molecule has 2 unspecified atom stereocenters.